The van der Waals surface area contributed by atoms with Crippen molar-refractivity contribution in [3.63, 3.8) is 0 Å². The summed E-state index contributed by atoms with van der Waals surface area (Å²) in [5.41, 5.74) is 3.03. The van der Waals surface area contributed by atoms with Crippen molar-refractivity contribution in [2.24, 2.45) is 0 Å². The lowest BCUT2D eigenvalue weighted by molar-refractivity contribution is 0.0595. The Morgan fingerprint density at radius 2 is 1.77 bits per heavy atom. The van der Waals surface area contributed by atoms with Gasteiger partial charge in [-0.25, -0.2) is 0 Å². The minimum atomic E-state index is -0.129. The van der Waals surface area contributed by atoms with Crippen molar-refractivity contribution >= 4 is 27.7 Å². The minimum absolute atomic E-state index is 0.0360. The van der Waals surface area contributed by atoms with Gasteiger partial charge in [-0.3, -0.25) is 14.3 Å². The van der Waals surface area contributed by atoms with Crippen LogP contribution in [0.5, 0.6) is 5.75 Å². The summed E-state index contributed by atoms with van der Waals surface area (Å²) in [6, 6.07) is 14.1. The second-order valence-corrected chi connectivity index (χ2v) is 9.88. The lowest BCUT2D eigenvalue weighted by Crippen LogP contribution is -2.42. The first-order valence-electron chi connectivity index (χ1n) is 12.6. The molecule has 0 unspecified atom stereocenters. The van der Waals surface area contributed by atoms with E-state index in [9.17, 15) is 9.59 Å². The number of likely N-dealkylation sites (tertiary alicyclic amines) is 1. The van der Waals surface area contributed by atoms with Gasteiger partial charge in [-0.1, -0.05) is 31.0 Å². The van der Waals surface area contributed by atoms with E-state index in [1.165, 1.54) is 12.8 Å². The molecule has 35 heavy (non-hydrogen) atoms. The fourth-order valence-electron chi connectivity index (χ4n) is 5.69. The van der Waals surface area contributed by atoms with Crippen LogP contribution in [0.3, 0.4) is 0 Å². The van der Waals surface area contributed by atoms with Crippen molar-refractivity contribution in [3.05, 3.63) is 70.1 Å². The molecule has 0 atom stereocenters. The van der Waals surface area contributed by atoms with Crippen molar-refractivity contribution in [1.29, 1.82) is 0 Å². The first-order valence-corrected chi connectivity index (χ1v) is 12.6. The molecule has 2 fully saturated rings. The molecule has 2 aromatic heterocycles. The predicted molar refractivity (Wildman–Crippen MR) is 136 cm³/mol. The van der Waals surface area contributed by atoms with Crippen LogP contribution >= 0.6 is 0 Å². The minimum Gasteiger partial charge on any atom is -0.490 e. The van der Waals surface area contributed by atoms with Gasteiger partial charge < -0.3 is 14.6 Å². The third kappa shape index (κ3) is 3.99. The van der Waals surface area contributed by atoms with Crippen LogP contribution in [0.25, 0.3) is 21.8 Å². The molecule has 2 aromatic carbocycles. The number of carbonyl (C=O) groups excluding carboxylic acids is 1. The molecule has 4 aromatic rings. The highest BCUT2D eigenvalue weighted by Gasteiger charge is 2.27. The van der Waals surface area contributed by atoms with Crippen molar-refractivity contribution in [2.45, 2.75) is 57.6 Å². The van der Waals surface area contributed by atoms with Gasteiger partial charge in [0.05, 0.1) is 28.7 Å². The van der Waals surface area contributed by atoms with Gasteiger partial charge in [-0.2, -0.15) is 5.10 Å². The Morgan fingerprint density at radius 1 is 1.03 bits per heavy atom. The molecular formula is C28H30N4O3. The van der Waals surface area contributed by atoms with Gasteiger partial charge >= 0.3 is 0 Å². The van der Waals surface area contributed by atoms with Crippen molar-refractivity contribution < 1.29 is 9.53 Å². The number of aryl methyl sites for hydroxylation is 1. The number of para-hydroxylation sites is 1. The lowest BCUT2D eigenvalue weighted by Gasteiger charge is -2.32. The Morgan fingerprint density at radius 3 is 2.51 bits per heavy atom. The van der Waals surface area contributed by atoms with E-state index in [4.69, 9.17) is 4.74 Å². The van der Waals surface area contributed by atoms with Crippen molar-refractivity contribution in [3.8, 4) is 5.75 Å². The van der Waals surface area contributed by atoms with E-state index < -0.39 is 0 Å². The third-order valence-corrected chi connectivity index (χ3v) is 7.58. The van der Waals surface area contributed by atoms with Gasteiger partial charge in [0.25, 0.3) is 11.5 Å². The van der Waals surface area contributed by atoms with Gasteiger partial charge in [0.15, 0.2) is 0 Å². The topological polar surface area (TPSA) is 80.2 Å². The van der Waals surface area contributed by atoms with Crippen LogP contribution in [0, 0.1) is 6.92 Å². The van der Waals surface area contributed by atoms with Crippen LogP contribution in [-0.4, -0.2) is 44.8 Å². The number of aromatic nitrogens is 3. The molecule has 2 aliphatic rings. The van der Waals surface area contributed by atoms with Gasteiger partial charge in [-0.05, 0) is 49.6 Å². The summed E-state index contributed by atoms with van der Waals surface area (Å²) >= 11 is 0. The molecule has 3 heterocycles. The number of carbonyl (C=O) groups is 1. The standard InChI is InChI=1S/C28H30N4O3/c1-18-15-25-23(26-24(27(33)30-25)17-29-32(26)19-7-5-6-8-19)16-22(18)28(34)31-13-11-21(12-14-31)35-20-9-3-2-4-10-20/h2-4,9-10,15-17,19,21H,5-8,11-14H2,1H3,(H,30,33). The first-order chi connectivity index (χ1) is 17.1. The number of benzene rings is 2. The van der Waals surface area contributed by atoms with Gasteiger partial charge in [-0.15, -0.1) is 0 Å². The smallest absolute Gasteiger partial charge is 0.259 e. The van der Waals surface area contributed by atoms with E-state index in [1.807, 2.05) is 59.0 Å². The molecule has 6 rings (SSSR count). The number of nitrogens with zero attached hydrogens (tertiary/aromatic N) is 3. The first kappa shape index (κ1) is 21.9. The number of aromatic amines is 1. The summed E-state index contributed by atoms with van der Waals surface area (Å²) in [5, 5.41) is 6.08. The molecule has 7 heteroatoms. The molecule has 180 valence electrons. The Hall–Kier alpha value is -3.61. The number of fused-ring (bicyclic) bond motifs is 3. The summed E-state index contributed by atoms with van der Waals surface area (Å²) < 4.78 is 8.13. The third-order valence-electron chi connectivity index (χ3n) is 7.58. The maximum absolute atomic E-state index is 13.6. The van der Waals surface area contributed by atoms with E-state index in [0.717, 1.165) is 53.4 Å². The number of H-pyrrole nitrogens is 1. The predicted octanol–water partition coefficient (Wildman–Crippen LogP) is 4.98. The summed E-state index contributed by atoms with van der Waals surface area (Å²) in [7, 11) is 0. The van der Waals surface area contributed by atoms with Gasteiger partial charge in [0.2, 0.25) is 0 Å². The molecule has 0 spiro atoms. The zero-order valence-corrected chi connectivity index (χ0v) is 20.0. The fraction of sp³-hybridized carbons (Fsp3) is 0.393. The maximum atomic E-state index is 13.6. The molecule has 1 amide bonds. The second kappa shape index (κ2) is 8.87. The Balaban J connectivity index is 1.30. The number of hydrogen-bond acceptors (Lipinski definition) is 4. The molecule has 1 saturated carbocycles. The summed E-state index contributed by atoms with van der Waals surface area (Å²) in [6.07, 6.45) is 7.90. The van der Waals surface area contributed by atoms with E-state index in [1.54, 1.807) is 6.20 Å². The van der Waals surface area contributed by atoms with Crippen LogP contribution in [0.15, 0.2) is 53.5 Å². The molecule has 0 bridgehead atoms. The molecule has 1 aliphatic carbocycles. The molecule has 1 aliphatic heterocycles. The highest BCUT2D eigenvalue weighted by Crippen LogP contribution is 2.34. The molecule has 1 N–H and O–H groups in total. The molecule has 0 radical (unpaired) electrons. The van der Waals surface area contributed by atoms with E-state index in [0.29, 0.717) is 30.1 Å². The van der Waals surface area contributed by atoms with Crippen LogP contribution in [0.2, 0.25) is 0 Å². The monoisotopic (exact) mass is 470 g/mol. The fourth-order valence-corrected chi connectivity index (χ4v) is 5.69. The van der Waals surface area contributed by atoms with E-state index >= 15 is 0 Å². The Kier molecular flexibility index (Phi) is 5.55. The number of hydrogen-bond donors (Lipinski definition) is 1. The molecule has 7 nitrogen and oxygen atoms in total. The Labute approximate surface area is 203 Å². The quantitative estimate of drug-likeness (QED) is 0.456. The number of ether oxygens (including phenoxy) is 1. The van der Waals surface area contributed by atoms with Gasteiger partial charge in [0, 0.05) is 36.9 Å². The van der Waals surface area contributed by atoms with Crippen molar-refractivity contribution in [2.75, 3.05) is 13.1 Å². The second-order valence-electron chi connectivity index (χ2n) is 9.88. The zero-order chi connectivity index (χ0) is 23.9. The number of amides is 1. The zero-order valence-electron chi connectivity index (χ0n) is 20.0. The highest BCUT2D eigenvalue weighted by molar-refractivity contribution is 6.07. The van der Waals surface area contributed by atoms with Crippen LogP contribution in [0.1, 0.15) is 60.5 Å². The number of piperidine rings is 1. The maximum Gasteiger partial charge on any atom is 0.259 e. The van der Waals surface area contributed by atoms with Crippen LogP contribution in [-0.2, 0) is 0 Å². The van der Waals surface area contributed by atoms with E-state index in [2.05, 4.69) is 10.1 Å². The summed E-state index contributed by atoms with van der Waals surface area (Å²) in [5.74, 6) is 0.911. The largest absolute Gasteiger partial charge is 0.490 e. The molecule has 1 saturated heterocycles. The van der Waals surface area contributed by atoms with Crippen LogP contribution < -0.4 is 10.3 Å². The highest BCUT2D eigenvalue weighted by atomic mass is 16.5. The lowest BCUT2D eigenvalue weighted by atomic mass is 10.0. The number of nitrogens with one attached hydrogen (secondary N) is 1. The normalized spacial score (nSPS) is 17.5. The average molecular weight is 471 g/mol. The van der Waals surface area contributed by atoms with Crippen molar-refractivity contribution in [1.82, 2.24) is 19.7 Å². The summed E-state index contributed by atoms with van der Waals surface area (Å²) in [6.45, 7) is 3.26. The average Bonchev–Trinajstić information content (AvgIpc) is 3.55. The summed E-state index contributed by atoms with van der Waals surface area (Å²) in [4.78, 5) is 31.3. The SMILES string of the molecule is Cc1cc2[nH]c(=O)c3cnn(C4CCCC4)c3c2cc1C(=O)N1CCC(Oc2ccccc2)CC1. The number of pyridine rings is 1. The number of rotatable bonds is 4. The van der Waals surface area contributed by atoms with E-state index in [-0.39, 0.29) is 17.6 Å². The van der Waals surface area contributed by atoms with Gasteiger partial charge in [0.1, 0.15) is 11.9 Å². The molecular weight excluding hydrogens is 440 g/mol. The Bertz CT molecular complexity index is 1440. The van der Waals surface area contributed by atoms with Crippen LogP contribution in [0.4, 0.5) is 0 Å².